The Morgan fingerprint density at radius 1 is 1.36 bits per heavy atom. The molecule has 1 fully saturated rings. The molecule has 1 saturated heterocycles. The summed E-state index contributed by atoms with van der Waals surface area (Å²) >= 11 is 0. The number of carbonyl (C=O) groups excluding carboxylic acids is 1. The predicted molar refractivity (Wildman–Crippen MR) is 110 cm³/mol. The van der Waals surface area contributed by atoms with E-state index in [1.807, 2.05) is 62.7 Å². The average molecular weight is 387 g/mol. The summed E-state index contributed by atoms with van der Waals surface area (Å²) in [5, 5.41) is 6.63. The fourth-order valence-electron chi connectivity index (χ4n) is 2.95. The molecule has 1 aliphatic heterocycles. The van der Waals surface area contributed by atoms with Crippen molar-refractivity contribution >= 4 is 17.7 Å². The molecule has 8 heteroatoms. The van der Waals surface area contributed by atoms with Crippen molar-refractivity contribution in [3.8, 4) is 0 Å². The minimum atomic E-state index is -0.468. The van der Waals surface area contributed by atoms with Gasteiger partial charge in [0.05, 0.1) is 11.7 Å². The van der Waals surface area contributed by atoms with Crippen molar-refractivity contribution in [1.29, 1.82) is 0 Å². The Morgan fingerprint density at radius 3 is 2.82 bits per heavy atom. The Morgan fingerprint density at radius 2 is 2.14 bits per heavy atom. The molecule has 2 aromatic rings. The van der Waals surface area contributed by atoms with Crippen molar-refractivity contribution in [2.24, 2.45) is 4.99 Å². The monoisotopic (exact) mass is 386 g/mol. The normalized spacial score (nSPS) is 15.4. The highest BCUT2D eigenvalue weighted by Gasteiger charge is 2.34. The molecule has 0 unspecified atom stereocenters. The summed E-state index contributed by atoms with van der Waals surface area (Å²) in [7, 11) is 0. The molecule has 3 rings (SSSR count). The standard InChI is InChI=1S/C20H30N6O2/c1-5-21-18(24-16-13-26(14-16)19(27)28-20(2,3)4)22-10-9-15-12-25-11-7-6-8-17(25)23-15/h6-8,11-12,16H,5,9-10,13-14H2,1-4H3,(H2,21,22,24). The summed E-state index contributed by atoms with van der Waals surface area (Å²) in [6.45, 7) is 10.3. The maximum absolute atomic E-state index is 12.0. The van der Waals surface area contributed by atoms with Gasteiger partial charge >= 0.3 is 6.09 Å². The molecule has 2 aromatic heterocycles. The molecule has 1 amide bonds. The molecule has 8 nitrogen and oxygen atoms in total. The quantitative estimate of drug-likeness (QED) is 0.607. The van der Waals surface area contributed by atoms with E-state index < -0.39 is 5.60 Å². The molecular formula is C20H30N6O2. The average Bonchev–Trinajstić information content (AvgIpc) is 2.98. The maximum atomic E-state index is 12.0. The number of aromatic nitrogens is 2. The molecule has 152 valence electrons. The Kier molecular flexibility index (Phi) is 6.06. The number of aliphatic imine (C=N–C) groups is 1. The van der Waals surface area contributed by atoms with E-state index in [0.717, 1.165) is 30.3 Å². The highest BCUT2D eigenvalue weighted by molar-refractivity contribution is 5.80. The third-order valence-corrected chi connectivity index (χ3v) is 4.27. The van der Waals surface area contributed by atoms with Crippen LogP contribution in [0, 0.1) is 0 Å². The zero-order valence-electron chi connectivity index (χ0n) is 17.1. The lowest BCUT2D eigenvalue weighted by Gasteiger charge is -2.40. The third-order valence-electron chi connectivity index (χ3n) is 4.27. The lowest BCUT2D eigenvalue weighted by Crippen LogP contribution is -2.63. The molecule has 1 aliphatic rings. The summed E-state index contributed by atoms with van der Waals surface area (Å²) in [4.78, 5) is 23.0. The Hall–Kier alpha value is -2.77. The number of likely N-dealkylation sites (tertiary alicyclic amines) is 1. The van der Waals surface area contributed by atoms with Gasteiger partial charge in [-0.1, -0.05) is 6.07 Å². The number of carbonyl (C=O) groups is 1. The second-order valence-electron chi connectivity index (χ2n) is 7.94. The minimum absolute atomic E-state index is 0.181. The zero-order valence-corrected chi connectivity index (χ0v) is 17.1. The highest BCUT2D eigenvalue weighted by atomic mass is 16.6. The number of fused-ring (bicyclic) bond motifs is 1. The lowest BCUT2D eigenvalue weighted by atomic mass is 10.1. The SMILES string of the molecule is CCNC(=NCCc1cn2ccccc2n1)NC1CN(C(=O)OC(C)(C)C)C1. The van der Waals surface area contributed by atoms with Crippen LogP contribution in [0.25, 0.3) is 5.65 Å². The van der Waals surface area contributed by atoms with Gasteiger partial charge in [0.15, 0.2) is 5.96 Å². The van der Waals surface area contributed by atoms with Gasteiger partial charge in [-0.15, -0.1) is 0 Å². The van der Waals surface area contributed by atoms with E-state index in [1.54, 1.807) is 4.90 Å². The fraction of sp³-hybridized carbons (Fsp3) is 0.550. The first-order valence-corrected chi connectivity index (χ1v) is 9.79. The summed E-state index contributed by atoms with van der Waals surface area (Å²) in [6, 6.07) is 6.14. The Balaban J connectivity index is 1.47. The summed E-state index contributed by atoms with van der Waals surface area (Å²) in [5.74, 6) is 0.764. The third kappa shape index (κ3) is 5.37. The second-order valence-corrected chi connectivity index (χ2v) is 7.94. The van der Waals surface area contributed by atoms with Crippen molar-refractivity contribution in [2.75, 3.05) is 26.2 Å². The van der Waals surface area contributed by atoms with E-state index in [9.17, 15) is 4.79 Å². The van der Waals surface area contributed by atoms with Crippen LogP contribution < -0.4 is 10.6 Å². The van der Waals surface area contributed by atoms with E-state index in [-0.39, 0.29) is 12.1 Å². The van der Waals surface area contributed by atoms with Crippen molar-refractivity contribution in [3.05, 3.63) is 36.3 Å². The first-order valence-electron chi connectivity index (χ1n) is 9.79. The van der Waals surface area contributed by atoms with E-state index >= 15 is 0 Å². The summed E-state index contributed by atoms with van der Waals surface area (Å²) in [5.41, 5.74) is 1.50. The van der Waals surface area contributed by atoms with Gasteiger partial charge in [0.25, 0.3) is 0 Å². The van der Waals surface area contributed by atoms with Crippen molar-refractivity contribution in [2.45, 2.75) is 45.8 Å². The van der Waals surface area contributed by atoms with Crippen LogP contribution in [-0.2, 0) is 11.2 Å². The summed E-state index contributed by atoms with van der Waals surface area (Å²) in [6.07, 6.45) is 4.54. The Labute approximate surface area is 166 Å². The molecule has 0 bridgehead atoms. The first-order chi connectivity index (χ1) is 13.3. The number of amides is 1. The predicted octanol–water partition coefficient (Wildman–Crippen LogP) is 2.05. The molecule has 0 spiro atoms. The molecule has 0 atom stereocenters. The summed E-state index contributed by atoms with van der Waals surface area (Å²) < 4.78 is 7.40. The highest BCUT2D eigenvalue weighted by Crippen LogP contribution is 2.15. The van der Waals surface area contributed by atoms with Crippen LogP contribution in [-0.4, -0.2) is 64.2 Å². The van der Waals surface area contributed by atoms with Crippen LogP contribution in [0.15, 0.2) is 35.6 Å². The van der Waals surface area contributed by atoms with E-state index in [1.165, 1.54) is 0 Å². The van der Waals surface area contributed by atoms with Gasteiger partial charge in [0.1, 0.15) is 11.2 Å². The number of nitrogens with zero attached hydrogens (tertiary/aromatic N) is 4. The number of hydrogen-bond donors (Lipinski definition) is 2. The second kappa shape index (κ2) is 8.50. The van der Waals surface area contributed by atoms with Gasteiger partial charge in [-0.05, 0) is 39.8 Å². The first kappa shape index (κ1) is 20.0. The van der Waals surface area contributed by atoms with Gasteiger partial charge in [-0.2, -0.15) is 0 Å². The lowest BCUT2D eigenvalue weighted by molar-refractivity contribution is 0.00701. The number of hydrogen-bond acceptors (Lipinski definition) is 4. The smallest absolute Gasteiger partial charge is 0.410 e. The Bertz CT molecular complexity index is 800. The largest absolute Gasteiger partial charge is 0.444 e. The molecule has 0 aliphatic carbocycles. The van der Waals surface area contributed by atoms with Crippen molar-refractivity contribution < 1.29 is 9.53 Å². The molecule has 28 heavy (non-hydrogen) atoms. The minimum Gasteiger partial charge on any atom is -0.444 e. The number of nitrogens with one attached hydrogen (secondary N) is 2. The molecule has 0 saturated carbocycles. The van der Waals surface area contributed by atoms with Gasteiger partial charge in [0.2, 0.25) is 0 Å². The van der Waals surface area contributed by atoms with Crippen LogP contribution in [0.2, 0.25) is 0 Å². The van der Waals surface area contributed by atoms with Gasteiger partial charge in [-0.25, -0.2) is 9.78 Å². The molecular weight excluding hydrogens is 356 g/mol. The van der Waals surface area contributed by atoms with Crippen molar-refractivity contribution in [3.63, 3.8) is 0 Å². The molecule has 0 radical (unpaired) electrons. The van der Waals surface area contributed by atoms with E-state index in [2.05, 4.69) is 20.6 Å². The topological polar surface area (TPSA) is 83.3 Å². The number of pyridine rings is 1. The maximum Gasteiger partial charge on any atom is 0.410 e. The molecule has 3 heterocycles. The number of guanidine groups is 1. The zero-order chi connectivity index (χ0) is 20.1. The van der Waals surface area contributed by atoms with E-state index in [4.69, 9.17) is 4.74 Å². The van der Waals surface area contributed by atoms with Gasteiger partial charge in [0, 0.05) is 45.0 Å². The van der Waals surface area contributed by atoms with Crippen LogP contribution in [0.4, 0.5) is 4.79 Å². The number of rotatable bonds is 5. The van der Waals surface area contributed by atoms with Gasteiger partial charge < -0.3 is 24.7 Å². The van der Waals surface area contributed by atoms with Crippen LogP contribution in [0.5, 0.6) is 0 Å². The van der Waals surface area contributed by atoms with Crippen molar-refractivity contribution in [1.82, 2.24) is 24.9 Å². The molecule has 0 aromatic carbocycles. The molecule has 2 N–H and O–H groups in total. The van der Waals surface area contributed by atoms with Gasteiger partial charge in [-0.3, -0.25) is 4.99 Å². The number of ether oxygens (including phenoxy) is 1. The van der Waals surface area contributed by atoms with Crippen LogP contribution >= 0.6 is 0 Å². The number of imidazole rings is 1. The fourth-order valence-corrected chi connectivity index (χ4v) is 2.95. The van der Waals surface area contributed by atoms with E-state index in [0.29, 0.717) is 19.6 Å². The van der Waals surface area contributed by atoms with Crippen LogP contribution in [0.1, 0.15) is 33.4 Å². The van der Waals surface area contributed by atoms with Crippen LogP contribution in [0.3, 0.4) is 0 Å².